The zero-order valence-corrected chi connectivity index (χ0v) is 20.7. The van der Waals surface area contributed by atoms with E-state index in [1.165, 1.54) is 47.4 Å². The van der Waals surface area contributed by atoms with E-state index in [1.807, 2.05) is 0 Å². The molecule has 0 bridgehead atoms. The maximum absolute atomic E-state index is 13.2. The van der Waals surface area contributed by atoms with Crippen molar-refractivity contribution in [3.63, 3.8) is 0 Å². The van der Waals surface area contributed by atoms with Gasteiger partial charge in [0.05, 0.1) is 17.0 Å². The summed E-state index contributed by atoms with van der Waals surface area (Å²) >= 11 is 0. The lowest BCUT2D eigenvalue weighted by atomic mass is 10.1. The van der Waals surface area contributed by atoms with Gasteiger partial charge in [0.2, 0.25) is 0 Å². The number of imidazole rings is 1. The Hall–Kier alpha value is -4.21. The molecule has 4 aromatic heterocycles. The molecular formula is C23H16F6N6O3S. The second-order valence-corrected chi connectivity index (χ2v) is 10.5. The molecule has 0 spiro atoms. The average molecular weight is 570 g/mol. The standard InChI is InChI=1S/C23H16F6N6O3S/c1-3-39(36,37)21-17(20-32-15-10-13(22(24,25)26)11-31-18(15)34(20)2)19-30-9-8-16(35(19)33-21)12-4-6-14(7-5-12)38-23(27,28)29/h4-11H,3H2,1-2H3. The molecule has 0 fully saturated rings. The van der Waals surface area contributed by atoms with E-state index >= 15 is 0 Å². The van der Waals surface area contributed by atoms with Crippen LogP contribution in [0.3, 0.4) is 0 Å². The number of sulfone groups is 1. The molecule has 9 nitrogen and oxygen atoms in total. The number of halogens is 6. The molecule has 0 aliphatic heterocycles. The van der Waals surface area contributed by atoms with Crippen LogP contribution in [0.4, 0.5) is 26.3 Å². The molecule has 4 heterocycles. The smallest absolute Gasteiger partial charge is 0.406 e. The predicted octanol–water partition coefficient (Wildman–Crippen LogP) is 5.06. The molecule has 0 amide bonds. The molecule has 0 N–H and O–H groups in total. The zero-order valence-electron chi connectivity index (χ0n) is 19.9. The van der Waals surface area contributed by atoms with Gasteiger partial charge < -0.3 is 9.30 Å². The van der Waals surface area contributed by atoms with E-state index in [0.717, 1.165) is 18.2 Å². The minimum absolute atomic E-state index is 0.00425. The molecule has 0 atom stereocenters. The van der Waals surface area contributed by atoms with Crippen molar-refractivity contribution in [1.82, 2.24) is 29.1 Å². The number of aryl methyl sites for hydroxylation is 1. The SMILES string of the molecule is CCS(=O)(=O)c1nn2c(-c3ccc(OC(F)(F)F)cc3)ccnc2c1-c1nc2cc(C(F)(F)F)cnc2n1C. The minimum atomic E-state index is -4.88. The van der Waals surface area contributed by atoms with Crippen LogP contribution in [0, 0.1) is 0 Å². The van der Waals surface area contributed by atoms with Crippen LogP contribution in [0.25, 0.3) is 39.5 Å². The Kier molecular flexibility index (Phi) is 6.04. The Morgan fingerprint density at radius 2 is 1.67 bits per heavy atom. The Bertz CT molecular complexity index is 1830. The van der Waals surface area contributed by atoms with Gasteiger partial charge in [-0.3, -0.25) is 0 Å². The maximum Gasteiger partial charge on any atom is 0.573 e. The van der Waals surface area contributed by atoms with Crippen LogP contribution in [0.15, 0.2) is 53.8 Å². The lowest BCUT2D eigenvalue weighted by Crippen LogP contribution is -2.16. The van der Waals surface area contributed by atoms with Gasteiger partial charge in [-0.25, -0.2) is 27.9 Å². The molecule has 0 aliphatic rings. The minimum Gasteiger partial charge on any atom is -0.406 e. The highest BCUT2D eigenvalue weighted by atomic mass is 32.2. The van der Waals surface area contributed by atoms with Crippen LogP contribution in [-0.2, 0) is 23.1 Å². The van der Waals surface area contributed by atoms with E-state index < -0.39 is 38.7 Å². The van der Waals surface area contributed by atoms with Gasteiger partial charge in [0.15, 0.2) is 26.2 Å². The Morgan fingerprint density at radius 1 is 0.974 bits per heavy atom. The molecule has 16 heteroatoms. The normalized spacial score (nSPS) is 12.9. The first-order chi connectivity index (χ1) is 18.2. The van der Waals surface area contributed by atoms with Gasteiger partial charge in [-0.2, -0.15) is 18.3 Å². The van der Waals surface area contributed by atoms with Gasteiger partial charge >= 0.3 is 12.5 Å². The molecule has 0 saturated heterocycles. The zero-order chi connectivity index (χ0) is 28.3. The number of rotatable bonds is 5. The molecule has 5 aromatic rings. The van der Waals surface area contributed by atoms with Gasteiger partial charge in [-0.15, -0.1) is 13.2 Å². The second-order valence-electron chi connectivity index (χ2n) is 8.28. The number of ether oxygens (including phenoxy) is 1. The molecule has 0 saturated carbocycles. The Morgan fingerprint density at radius 3 is 2.28 bits per heavy atom. The molecular weight excluding hydrogens is 554 g/mol. The summed E-state index contributed by atoms with van der Waals surface area (Å²) < 4.78 is 110. The van der Waals surface area contributed by atoms with Crippen LogP contribution in [-0.4, -0.2) is 49.7 Å². The van der Waals surface area contributed by atoms with Crippen molar-refractivity contribution >= 4 is 26.6 Å². The van der Waals surface area contributed by atoms with Gasteiger partial charge in [0.25, 0.3) is 0 Å². The first-order valence-corrected chi connectivity index (χ1v) is 12.7. The number of nitrogens with zero attached hydrogens (tertiary/aromatic N) is 6. The van der Waals surface area contributed by atoms with E-state index in [9.17, 15) is 34.8 Å². The van der Waals surface area contributed by atoms with Gasteiger partial charge in [0, 0.05) is 25.0 Å². The fourth-order valence-corrected chi connectivity index (χ4v) is 4.95. The van der Waals surface area contributed by atoms with E-state index in [1.54, 1.807) is 0 Å². The summed E-state index contributed by atoms with van der Waals surface area (Å²) in [6.45, 7) is 1.39. The fourth-order valence-electron chi connectivity index (χ4n) is 3.98. The number of hydrogen-bond acceptors (Lipinski definition) is 7. The van der Waals surface area contributed by atoms with Gasteiger partial charge in [-0.1, -0.05) is 6.92 Å². The summed E-state index contributed by atoms with van der Waals surface area (Å²) in [6, 6.07) is 7.08. The molecule has 204 valence electrons. The highest BCUT2D eigenvalue weighted by Crippen LogP contribution is 2.36. The highest BCUT2D eigenvalue weighted by molar-refractivity contribution is 7.91. The van der Waals surface area contributed by atoms with Crippen LogP contribution >= 0.6 is 0 Å². The van der Waals surface area contributed by atoms with Crippen LogP contribution in [0.2, 0.25) is 0 Å². The summed E-state index contributed by atoms with van der Waals surface area (Å²) in [7, 11) is -2.56. The average Bonchev–Trinajstić information content (AvgIpc) is 3.41. The lowest BCUT2D eigenvalue weighted by molar-refractivity contribution is -0.274. The van der Waals surface area contributed by atoms with Crippen LogP contribution in [0.5, 0.6) is 5.75 Å². The van der Waals surface area contributed by atoms with E-state index in [-0.39, 0.29) is 39.6 Å². The molecule has 5 rings (SSSR count). The highest BCUT2D eigenvalue weighted by Gasteiger charge is 2.34. The van der Waals surface area contributed by atoms with Crippen molar-refractivity contribution in [1.29, 1.82) is 0 Å². The van der Waals surface area contributed by atoms with Gasteiger partial charge in [0.1, 0.15) is 22.7 Å². The fraction of sp³-hybridized carbons (Fsp3) is 0.217. The topological polar surface area (TPSA) is 104 Å². The number of hydrogen-bond donors (Lipinski definition) is 0. The van der Waals surface area contributed by atoms with Crippen molar-refractivity contribution in [3.8, 4) is 28.4 Å². The van der Waals surface area contributed by atoms with Crippen molar-refractivity contribution in [3.05, 3.63) is 54.4 Å². The summed E-state index contributed by atoms with van der Waals surface area (Å²) in [4.78, 5) is 12.4. The largest absolute Gasteiger partial charge is 0.573 e. The predicted molar refractivity (Wildman–Crippen MR) is 125 cm³/mol. The summed E-state index contributed by atoms with van der Waals surface area (Å²) in [6.07, 6.45) is -7.57. The van der Waals surface area contributed by atoms with E-state index in [4.69, 9.17) is 0 Å². The summed E-state index contributed by atoms with van der Waals surface area (Å²) in [5, 5.41) is 3.84. The van der Waals surface area contributed by atoms with E-state index in [0.29, 0.717) is 11.8 Å². The lowest BCUT2D eigenvalue weighted by Gasteiger charge is -2.10. The summed E-state index contributed by atoms with van der Waals surface area (Å²) in [5.41, 5.74) is -0.526. The summed E-state index contributed by atoms with van der Waals surface area (Å²) in [5.74, 6) is -0.863. The molecule has 39 heavy (non-hydrogen) atoms. The Balaban J connectivity index is 1.74. The molecule has 0 radical (unpaired) electrons. The van der Waals surface area contributed by atoms with Crippen molar-refractivity contribution < 1.29 is 39.5 Å². The third-order valence-corrected chi connectivity index (χ3v) is 7.44. The van der Waals surface area contributed by atoms with Crippen molar-refractivity contribution in [2.75, 3.05) is 5.75 Å². The van der Waals surface area contributed by atoms with Crippen molar-refractivity contribution in [2.24, 2.45) is 7.05 Å². The van der Waals surface area contributed by atoms with Gasteiger partial charge in [-0.05, 0) is 36.4 Å². The third-order valence-electron chi connectivity index (χ3n) is 5.80. The number of alkyl halides is 6. The monoisotopic (exact) mass is 570 g/mol. The number of fused-ring (bicyclic) bond motifs is 2. The van der Waals surface area contributed by atoms with E-state index in [2.05, 4.69) is 24.8 Å². The molecule has 0 unspecified atom stereocenters. The van der Waals surface area contributed by atoms with Crippen LogP contribution < -0.4 is 4.74 Å². The number of benzene rings is 1. The van der Waals surface area contributed by atoms with Crippen molar-refractivity contribution in [2.45, 2.75) is 24.5 Å². The molecule has 0 aliphatic carbocycles. The second kappa shape index (κ2) is 8.93. The first kappa shape index (κ1) is 26.4. The van der Waals surface area contributed by atoms with Crippen LogP contribution in [0.1, 0.15) is 12.5 Å². The molecule has 1 aromatic carbocycles. The third kappa shape index (κ3) is 4.75. The first-order valence-electron chi connectivity index (χ1n) is 11.1. The Labute approximate surface area is 215 Å². The number of aromatic nitrogens is 6. The maximum atomic E-state index is 13.2. The number of pyridine rings is 1. The quantitative estimate of drug-likeness (QED) is 0.272.